The number of hydrogen-bond donors (Lipinski definition) is 0. The third-order valence-electron chi connectivity index (χ3n) is 3.54. The first-order chi connectivity index (χ1) is 10.2. The van der Waals surface area contributed by atoms with Crippen molar-refractivity contribution in [1.82, 2.24) is 9.78 Å². The molecular weight excluding hydrogens is 291 g/mol. The molecule has 0 aliphatic heterocycles. The van der Waals surface area contributed by atoms with Crippen LogP contribution in [-0.2, 0) is 12.5 Å². The Labute approximate surface area is 129 Å². The maximum Gasteiger partial charge on any atom is 0.165 e. The van der Waals surface area contributed by atoms with Crippen LogP contribution in [0.2, 0.25) is 0 Å². The van der Waals surface area contributed by atoms with Gasteiger partial charge in [0.15, 0.2) is 11.6 Å². The maximum absolute atomic E-state index is 13.8. The Hall–Kier alpha value is -1.55. The lowest BCUT2D eigenvalue weighted by Gasteiger charge is -2.13. The van der Waals surface area contributed by atoms with Gasteiger partial charge in [-0.05, 0) is 25.0 Å². The summed E-state index contributed by atoms with van der Waals surface area (Å²) in [6, 6.07) is 7.05. The second-order valence-electron chi connectivity index (χ2n) is 4.91. The Balaban J connectivity index is 2.07. The number of ether oxygens (including phenoxy) is 1. The molecule has 0 radical (unpaired) electrons. The highest BCUT2D eigenvalue weighted by atomic mass is 35.5. The molecule has 21 heavy (non-hydrogen) atoms. The third-order valence-corrected chi connectivity index (χ3v) is 3.83. The van der Waals surface area contributed by atoms with Crippen molar-refractivity contribution >= 4 is 11.6 Å². The summed E-state index contributed by atoms with van der Waals surface area (Å²) in [5, 5.41) is 4.49. The minimum Gasteiger partial charge on any atom is -0.484 e. The van der Waals surface area contributed by atoms with Gasteiger partial charge < -0.3 is 4.74 Å². The largest absolute Gasteiger partial charge is 0.484 e. The first kappa shape index (κ1) is 15.8. The highest BCUT2D eigenvalue weighted by Crippen LogP contribution is 2.25. The van der Waals surface area contributed by atoms with Gasteiger partial charge >= 0.3 is 0 Å². The lowest BCUT2D eigenvalue weighted by Crippen LogP contribution is -2.08. The molecule has 0 unspecified atom stereocenters. The van der Waals surface area contributed by atoms with E-state index >= 15 is 0 Å². The van der Waals surface area contributed by atoms with Gasteiger partial charge in [-0.15, -0.1) is 11.6 Å². The molecule has 2 aromatic rings. The average Bonchev–Trinajstić information content (AvgIpc) is 2.96. The minimum absolute atomic E-state index is 0.213. The first-order valence-electron chi connectivity index (χ1n) is 7.19. The summed E-state index contributed by atoms with van der Waals surface area (Å²) in [4.78, 5) is 0. The number of rotatable bonds is 7. The van der Waals surface area contributed by atoms with Crippen LogP contribution in [0.3, 0.4) is 0 Å². The maximum atomic E-state index is 13.8. The van der Waals surface area contributed by atoms with Gasteiger partial charge in [0.1, 0.15) is 6.61 Å². The summed E-state index contributed by atoms with van der Waals surface area (Å²) >= 11 is 5.80. The first-order valence-corrected chi connectivity index (χ1v) is 7.73. The monoisotopic (exact) mass is 310 g/mol. The summed E-state index contributed by atoms with van der Waals surface area (Å²) < 4.78 is 21.3. The minimum atomic E-state index is -0.396. The molecule has 3 nitrogen and oxygen atoms in total. The molecule has 1 aromatic heterocycles. The fourth-order valence-corrected chi connectivity index (χ4v) is 2.50. The number of hydrogen-bond acceptors (Lipinski definition) is 2. The molecule has 0 spiro atoms. The number of alkyl halides is 1. The number of para-hydroxylation sites is 1. The lowest BCUT2D eigenvalue weighted by atomic mass is 10.2. The Morgan fingerprint density at radius 2 is 2.05 bits per heavy atom. The van der Waals surface area contributed by atoms with E-state index in [-0.39, 0.29) is 18.2 Å². The van der Waals surface area contributed by atoms with Crippen molar-refractivity contribution in [3.05, 3.63) is 47.5 Å². The van der Waals surface area contributed by atoms with Crippen molar-refractivity contribution in [3.63, 3.8) is 0 Å². The highest BCUT2D eigenvalue weighted by molar-refractivity contribution is 6.17. The lowest BCUT2D eigenvalue weighted by molar-refractivity contribution is 0.280. The molecule has 114 valence electrons. The van der Waals surface area contributed by atoms with Gasteiger partial charge in [0.2, 0.25) is 0 Å². The Kier molecular flexibility index (Phi) is 5.62. The summed E-state index contributed by atoms with van der Waals surface area (Å²) in [7, 11) is 0. The van der Waals surface area contributed by atoms with E-state index in [1.807, 2.05) is 16.9 Å². The Morgan fingerprint density at radius 1 is 1.29 bits per heavy atom. The number of halogens is 2. The molecule has 0 aliphatic rings. The van der Waals surface area contributed by atoms with Gasteiger partial charge in [-0.25, -0.2) is 4.39 Å². The average molecular weight is 311 g/mol. The van der Waals surface area contributed by atoms with E-state index < -0.39 is 5.82 Å². The van der Waals surface area contributed by atoms with Crippen LogP contribution in [0.1, 0.15) is 44.0 Å². The molecule has 0 N–H and O–H groups in total. The Bertz CT molecular complexity index is 581. The van der Waals surface area contributed by atoms with Crippen LogP contribution in [0.15, 0.2) is 30.5 Å². The second-order valence-corrected chi connectivity index (χ2v) is 5.18. The molecule has 1 aromatic carbocycles. The highest BCUT2D eigenvalue weighted by Gasteiger charge is 2.11. The van der Waals surface area contributed by atoms with E-state index in [9.17, 15) is 4.39 Å². The SMILES string of the molecule is CCC(CC)n1ccc(COc2c(F)cccc2CCl)n1. The van der Waals surface area contributed by atoms with Gasteiger partial charge in [0.25, 0.3) is 0 Å². The summed E-state index contributed by atoms with van der Waals surface area (Å²) in [5.74, 6) is 0.0344. The molecule has 0 aliphatic carbocycles. The summed E-state index contributed by atoms with van der Waals surface area (Å²) in [5.41, 5.74) is 1.43. The van der Waals surface area contributed by atoms with E-state index in [0.29, 0.717) is 11.6 Å². The zero-order valence-electron chi connectivity index (χ0n) is 12.4. The fraction of sp³-hybridized carbons (Fsp3) is 0.438. The van der Waals surface area contributed by atoms with E-state index in [4.69, 9.17) is 16.3 Å². The smallest absolute Gasteiger partial charge is 0.165 e. The van der Waals surface area contributed by atoms with Gasteiger partial charge in [0, 0.05) is 11.8 Å². The van der Waals surface area contributed by atoms with Crippen LogP contribution in [0.5, 0.6) is 5.75 Å². The topological polar surface area (TPSA) is 27.1 Å². The van der Waals surface area contributed by atoms with E-state index in [1.54, 1.807) is 12.1 Å². The van der Waals surface area contributed by atoms with Gasteiger partial charge in [0.05, 0.1) is 17.6 Å². The van der Waals surface area contributed by atoms with Crippen molar-refractivity contribution in [3.8, 4) is 5.75 Å². The van der Waals surface area contributed by atoms with Crippen molar-refractivity contribution in [2.75, 3.05) is 0 Å². The van der Waals surface area contributed by atoms with E-state index in [2.05, 4.69) is 18.9 Å². The zero-order chi connectivity index (χ0) is 15.2. The normalized spacial score (nSPS) is 11.1. The van der Waals surface area contributed by atoms with Crippen molar-refractivity contribution in [2.45, 2.75) is 45.2 Å². The van der Waals surface area contributed by atoms with Gasteiger partial charge in [-0.2, -0.15) is 5.10 Å². The van der Waals surface area contributed by atoms with Crippen molar-refractivity contribution < 1.29 is 9.13 Å². The molecule has 0 atom stereocenters. The zero-order valence-corrected chi connectivity index (χ0v) is 13.1. The van der Waals surface area contributed by atoms with E-state index in [1.165, 1.54) is 6.07 Å². The predicted octanol–water partition coefficient (Wildman–Crippen LogP) is 4.70. The molecule has 0 bridgehead atoms. The number of aromatic nitrogens is 2. The van der Waals surface area contributed by atoms with Crippen LogP contribution in [0, 0.1) is 5.82 Å². The molecule has 1 heterocycles. The number of benzene rings is 1. The van der Waals surface area contributed by atoms with Crippen LogP contribution in [0.4, 0.5) is 4.39 Å². The van der Waals surface area contributed by atoms with Crippen LogP contribution in [0.25, 0.3) is 0 Å². The third kappa shape index (κ3) is 3.76. The Morgan fingerprint density at radius 3 is 2.71 bits per heavy atom. The molecule has 5 heteroatoms. The fourth-order valence-electron chi connectivity index (χ4n) is 2.29. The summed E-state index contributed by atoms with van der Waals surface area (Å²) in [6.07, 6.45) is 4.00. The van der Waals surface area contributed by atoms with Gasteiger partial charge in [-0.1, -0.05) is 26.0 Å². The second kappa shape index (κ2) is 7.46. The number of nitrogens with zero attached hydrogens (tertiary/aromatic N) is 2. The van der Waals surface area contributed by atoms with Crippen molar-refractivity contribution in [2.24, 2.45) is 0 Å². The molecule has 0 amide bonds. The molecule has 0 fully saturated rings. The standard InChI is InChI=1S/C16H20ClFN2O/c1-3-14(4-2)20-9-8-13(19-20)11-21-16-12(10-17)6-5-7-15(16)18/h5-9,14H,3-4,10-11H2,1-2H3. The molecule has 2 rings (SSSR count). The quantitative estimate of drug-likeness (QED) is 0.693. The summed E-state index contributed by atoms with van der Waals surface area (Å²) in [6.45, 7) is 4.51. The van der Waals surface area contributed by atoms with E-state index in [0.717, 1.165) is 18.5 Å². The van der Waals surface area contributed by atoms with Gasteiger partial charge in [-0.3, -0.25) is 4.68 Å². The molecular formula is C16H20ClFN2O. The van der Waals surface area contributed by atoms with Crippen LogP contribution in [-0.4, -0.2) is 9.78 Å². The molecule has 0 saturated carbocycles. The predicted molar refractivity (Wildman–Crippen MR) is 82.1 cm³/mol. The van der Waals surface area contributed by atoms with Crippen LogP contribution >= 0.6 is 11.6 Å². The van der Waals surface area contributed by atoms with Crippen LogP contribution < -0.4 is 4.74 Å². The van der Waals surface area contributed by atoms with Crippen molar-refractivity contribution in [1.29, 1.82) is 0 Å². The molecule has 0 saturated heterocycles.